The third-order valence-corrected chi connectivity index (χ3v) is 8.55. The van der Waals surface area contributed by atoms with Gasteiger partial charge in [-0.25, -0.2) is 0 Å². The number of nitrogens with two attached hydrogens (primary N) is 1. The van der Waals surface area contributed by atoms with E-state index in [1.807, 2.05) is 45.9 Å². The number of hydrogen-bond acceptors (Lipinski definition) is 7. The van der Waals surface area contributed by atoms with Crippen molar-refractivity contribution in [1.82, 2.24) is 5.32 Å². The maximum Gasteiger partial charge on any atom is 0.243 e. The van der Waals surface area contributed by atoms with Gasteiger partial charge in [0.15, 0.2) is 0 Å². The van der Waals surface area contributed by atoms with Gasteiger partial charge in [-0.2, -0.15) is 0 Å². The number of unbranched alkanes of at least 4 members (excludes halogenated alkanes) is 3. The molecule has 8 nitrogen and oxygen atoms in total. The van der Waals surface area contributed by atoms with Crippen molar-refractivity contribution in [3.8, 4) is 0 Å². The van der Waals surface area contributed by atoms with E-state index in [1.54, 1.807) is 6.08 Å². The number of amides is 1. The Morgan fingerprint density at radius 2 is 1.85 bits per heavy atom. The van der Waals surface area contributed by atoms with E-state index in [-0.39, 0.29) is 36.0 Å². The molecule has 1 spiro atoms. The molecule has 8 atom stereocenters. The number of hydrogen-bond donors (Lipinski definition) is 3. The first-order chi connectivity index (χ1) is 19.5. The Morgan fingerprint density at radius 3 is 2.54 bits per heavy atom. The predicted octanol–water partition coefficient (Wildman–Crippen LogP) is 4.55. The molecular formula is C33H54N2O6. The molecule has 0 aliphatic carbocycles. The minimum atomic E-state index is -0.751. The third-order valence-electron chi connectivity index (χ3n) is 8.55. The van der Waals surface area contributed by atoms with E-state index in [2.05, 4.69) is 18.3 Å². The molecule has 41 heavy (non-hydrogen) atoms. The average Bonchev–Trinajstić information content (AvgIpc) is 3.69. The molecule has 0 bridgehead atoms. The summed E-state index contributed by atoms with van der Waals surface area (Å²) in [4.78, 5) is 24.8. The summed E-state index contributed by atoms with van der Waals surface area (Å²) < 4.78 is 18.2. The van der Waals surface area contributed by atoms with Crippen LogP contribution < -0.4 is 11.1 Å². The number of Topliss-reactive ketones (excluding diaryl/α,β-unsaturated/α-hetero) is 1. The number of allylic oxidation sites excluding steroid dienone is 3. The molecule has 3 aliphatic heterocycles. The Hall–Kier alpha value is -1.84. The highest BCUT2D eigenvalue weighted by atomic mass is 16.6. The molecule has 3 fully saturated rings. The van der Waals surface area contributed by atoms with Crippen molar-refractivity contribution >= 4 is 11.7 Å². The van der Waals surface area contributed by atoms with Crippen molar-refractivity contribution in [1.29, 1.82) is 0 Å². The highest BCUT2D eigenvalue weighted by Crippen LogP contribution is 2.43. The van der Waals surface area contributed by atoms with Gasteiger partial charge in [-0.15, -0.1) is 0 Å². The Morgan fingerprint density at radius 1 is 1.12 bits per heavy atom. The lowest BCUT2D eigenvalue weighted by molar-refractivity contribution is -0.144. The molecule has 3 rings (SSSR count). The molecule has 232 valence electrons. The number of aliphatic hydroxyl groups is 1. The fourth-order valence-corrected chi connectivity index (χ4v) is 5.82. The summed E-state index contributed by atoms with van der Waals surface area (Å²) in [5.74, 6) is 0.772. The summed E-state index contributed by atoms with van der Waals surface area (Å²) in [6.07, 6.45) is 15.1. The van der Waals surface area contributed by atoms with Gasteiger partial charge < -0.3 is 30.4 Å². The Bertz CT molecular complexity index is 940. The number of rotatable bonds is 15. The second kappa shape index (κ2) is 16.1. The Kier molecular flexibility index (Phi) is 13.2. The largest absolute Gasteiger partial charge is 0.387 e. The monoisotopic (exact) mass is 574 g/mol. The van der Waals surface area contributed by atoms with Crippen molar-refractivity contribution in [2.24, 2.45) is 17.6 Å². The number of ether oxygens (including phenoxy) is 3. The molecule has 0 aromatic heterocycles. The molecular weight excluding hydrogens is 520 g/mol. The first kappa shape index (κ1) is 33.7. The fourth-order valence-electron chi connectivity index (χ4n) is 5.82. The third kappa shape index (κ3) is 10.7. The average molecular weight is 575 g/mol. The van der Waals surface area contributed by atoms with Crippen LogP contribution in [0.5, 0.6) is 0 Å². The zero-order valence-electron chi connectivity index (χ0n) is 25.8. The highest BCUT2D eigenvalue weighted by Gasteiger charge is 2.58. The normalized spacial score (nSPS) is 34.1. The van der Waals surface area contributed by atoms with Crippen molar-refractivity contribution < 1.29 is 28.9 Å². The predicted molar refractivity (Wildman–Crippen MR) is 161 cm³/mol. The lowest BCUT2D eigenvalue weighted by Gasteiger charge is -2.39. The van der Waals surface area contributed by atoms with Crippen LogP contribution in [0.1, 0.15) is 92.4 Å². The van der Waals surface area contributed by atoms with Crippen LogP contribution in [0.2, 0.25) is 0 Å². The second-order valence-corrected chi connectivity index (χ2v) is 12.8. The summed E-state index contributed by atoms with van der Waals surface area (Å²) in [5.41, 5.74) is 6.01. The zero-order chi connectivity index (χ0) is 30.0. The number of carbonyl (C=O) groups is 2. The van der Waals surface area contributed by atoms with Crippen LogP contribution in [-0.4, -0.2) is 72.1 Å². The van der Waals surface area contributed by atoms with Crippen LogP contribution in [0.15, 0.2) is 36.0 Å². The number of nitrogens with one attached hydrogen (secondary N) is 1. The van der Waals surface area contributed by atoms with Crippen LogP contribution in [0, 0.1) is 11.8 Å². The van der Waals surface area contributed by atoms with E-state index in [1.165, 1.54) is 0 Å². The van der Waals surface area contributed by atoms with E-state index in [4.69, 9.17) is 19.9 Å². The summed E-state index contributed by atoms with van der Waals surface area (Å²) in [6, 6.07) is -0.00609. The van der Waals surface area contributed by atoms with Crippen molar-refractivity contribution in [2.75, 3.05) is 13.2 Å². The van der Waals surface area contributed by atoms with Crippen molar-refractivity contribution in [2.45, 2.75) is 135 Å². The Labute approximate surface area is 247 Å². The molecule has 4 N–H and O–H groups in total. The van der Waals surface area contributed by atoms with Gasteiger partial charge in [0.25, 0.3) is 0 Å². The molecule has 3 saturated heterocycles. The molecule has 0 radical (unpaired) electrons. The number of ketones is 1. The molecule has 3 heterocycles. The lowest BCUT2D eigenvalue weighted by Crippen LogP contribution is -2.50. The standard InChI is InChI=1S/C33H54N2O6/c1-22(2)11-16-31(37)35-28-18-24(4)29(40-25(28)5)14-12-23(3)13-15-30-32(38)33(21-39-33)20-27(41-30)19-26(36)10-8-6-7-9-17-34/h11-13,15-16,22,24-25,27-30,32,38H,6-10,14,17-21,34H2,1-5H3,(H,35,37)/b15-13+,16-11-,23-12+/t24-,25+,27+,28+,29-,30+,32+,33+/m0/s1. The topological polar surface area (TPSA) is 123 Å². The second-order valence-electron chi connectivity index (χ2n) is 12.8. The van der Waals surface area contributed by atoms with Gasteiger partial charge in [-0.3, -0.25) is 9.59 Å². The maximum atomic E-state index is 12.6. The smallest absolute Gasteiger partial charge is 0.243 e. The minimum absolute atomic E-state index is 0.00609. The van der Waals surface area contributed by atoms with E-state index < -0.39 is 17.8 Å². The van der Waals surface area contributed by atoms with Gasteiger partial charge in [0.1, 0.15) is 23.6 Å². The van der Waals surface area contributed by atoms with Gasteiger partial charge in [0, 0.05) is 19.3 Å². The first-order valence-corrected chi connectivity index (χ1v) is 15.7. The van der Waals surface area contributed by atoms with Crippen LogP contribution in [-0.2, 0) is 23.8 Å². The van der Waals surface area contributed by atoms with E-state index in [0.717, 1.165) is 44.1 Å². The number of carbonyl (C=O) groups excluding carboxylic acids is 2. The number of aliphatic hydroxyl groups excluding tert-OH is 1. The van der Waals surface area contributed by atoms with Crippen LogP contribution in [0.3, 0.4) is 0 Å². The summed E-state index contributed by atoms with van der Waals surface area (Å²) >= 11 is 0. The molecule has 1 amide bonds. The van der Waals surface area contributed by atoms with Crippen LogP contribution in [0.25, 0.3) is 0 Å². The zero-order valence-corrected chi connectivity index (χ0v) is 25.8. The van der Waals surface area contributed by atoms with Crippen molar-refractivity contribution in [3.63, 3.8) is 0 Å². The van der Waals surface area contributed by atoms with Gasteiger partial charge >= 0.3 is 0 Å². The minimum Gasteiger partial charge on any atom is -0.387 e. The van der Waals surface area contributed by atoms with Crippen LogP contribution in [0.4, 0.5) is 0 Å². The summed E-state index contributed by atoms with van der Waals surface area (Å²) in [5, 5.41) is 14.0. The van der Waals surface area contributed by atoms with E-state index >= 15 is 0 Å². The van der Waals surface area contributed by atoms with Gasteiger partial charge in [0.2, 0.25) is 5.91 Å². The quantitative estimate of drug-likeness (QED) is 0.114. The molecule has 0 unspecified atom stereocenters. The van der Waals surface area contributed by atoms with Crippen LogP contribution >= 0.6 is 0 Å². The first-order valence-electron chi connectivity index (χ1n) is 15.7. The molecule has 0 saturated carbocycles. The van der Waals surface area contributed by atoms with Crippen molar-refractivity contribution in [3.05, 3.63) is 36.0 Å². The SMILES string of the molecule is CC(/C=C/[C@H]1O[C@H](CC(=O)CCCCCCN)C[C@@]2(CO2)[C@@H]1O)=C\C[C@@H]1O[C@H](C)[C@H](NC(=O)/C=C\C(C)C)C[C@@H]1C. The summed E-state index contributed by atoms with van der Waals surface area (Å²) in [7, 11) is 0. The van der Waals surface area contributed by atoms with Gasteiger partial charge in [-0.1, -0.05) is 63.5 Å². The Balaban J connectivity index is 1.48. The van der Waals surface area contributed by atoms with Gasteiger partial charge in [-0.05, 0) is 64.0 Å². The molecule has 0 aromatic carbocycles. The van der Waals surface area contributed by atoms with E-state index in [0.29, 0.717) is 44.2 Å². The fraction of sp³-hybridized carbons (Fsp3) is 0.758. The van der Waals surface area contributed by atoms with E-state index in [9.17, 15) is 14.7 Å². The molecule has 8 heteroatoms. The number of epoxide rings is 1. The van der Waals surface area contributed by atoms with Gasteiger partial charge in [0.05, 0.1) is 31.0 Å². The molecule has 3 aliphatic rings. The highest BCUT2D eigenvalue weighted by molar-refractivity contribution is 5.87. The maximum absolute atomic E-state index is 12.6. The molecule has 0 aromatic rings. The summed E-state index contributed by atoms with van der Waals surface area (Å²) in [6.45, 7) is 11.5. The lowest BCUT2D eigenvalue weighted by atomic mass is 9.86.